The van der Waals surface area contributed by atoms with E-state index in [1.807, 2.05) is 0 Å². The smallest absolute Gasteiger partial charge is 0.299 e. The third kappa shape index (κ3) is 5.06. The Bertz CT molecular complexity index is 1560. The molecule has 0 saturated heterocycles. The van der Waals surface area contributed by atoms with Gasteiger partial charge in [0, 0.05) is 18.4 Å². The molecule has 1 amide bonds. The number of rotatable bonds is 7. The summed E-state index contributed by atoms with van der Waals surface area (Å²) in [5.74, 6) is 5.29. The Morgan fingerprint density at radius 1 is 1.33 bits per heavy atom. The standard InChI is InChI=1S/C22H21F2N7O3S2/c1-12(2)19(32)26-9-5-6-13-10-14(36(33,34)30-22(25-3)7-8-22)11-15-16(29-31(4)17(13)15)20-27-28-21(35-20)18(23)24/h10-12,18,30H,7-9H2,1-2,4H3,(H,26,32). The molecule has 188 valence electrons. The van der Waals surface area contributed by atoms with Crippen LogP contribution in [0.2, 0.25) is 0 Å². The summed E-state index contributed by atoms with van der Waals surface area (Å²) in [6, 6.07) is 2.72. The number of alkyl halides is 2. The van der Waals surface area contributed by atoms with E-state index in [1.165, 1.54) is 16.8 Å². The number of nitrogens with zero attached hydrogens (tertiary/aromatic N) is 5. The van der Waals surface area contributed by atoms with E-state index in [-0.39, 0.29) is 34.0 Å². The predicted molar refractivity (Wildman–Crippen MR) is 128 cm³/mol. The van der Waals surface area contributed by atoms with Crippen molar-refractivity contribution < 1.29 is 22.0 Å². The molecular formula is C22H21F2N7O3S2. The Morgan fingerprint density at radius 3 is 2.64 bits per heavy atom. The fourth-order valence-electron chi connectivity index (χ4n) is 3.36. The number of fused-ring (bicyclic) bond motifs is 1. The van der Waals surface area contributed by atoms with E-state index in [4.69, 9.17) is 6.57 Å². The highest BCUT2D eigenvalue weighted by Gasteiger charge is 2.54. The zero-order valence-electron chi connectivity index (χ0n) is 19.5. The number of carbonyl (C=O) groups excluding carboxylic acids is 1. The van der Waals surface area contributed by atoms with Gasteiger partial charge in [-0.15, -0.1) is 14.9 Å². The summed E-state index contributed by atoms with van der Waals surface area (Å²) in [5.41, 5.74) is -0.244. The van der Waals surface area contributed by atoms with Gasteiger partial charge in [-0.3, -0.25) is 14.3 Å². The normalized spacial score (nSPS) is 14.5. The molecule has 1 aliphatic rings. The van der Waals surface area contributed by atoms with Crippen LogP contribution in [0, 0.1) is 24.3 Å². The van der Waals surface area contributed by atoms with Crippen LogP contribution in [0.1, 0.15) is 43.7 Å². The Labute approximate surface area is 210 Å². The van der Waals surface area contributed by atoms with Gasteiger partial charge < -0.3 is 5.32 Å². The van der Waals surface area contributed by atoms with Gasteiger partial charge in [0.15, 0.2) is 10.0 Å². The quantitative estimate of drug-likeness (QED) is 0.356. The minimum absolute atomic E-state index is 0.0351. The predicted octanol–water partition coefficient (Wildman–Crippen LogP) is 2.84. The largest absolute Gasteiger partial charge is 0.345 e. The van der Waals surface area contributed by atoms with Crippen molar-refractivity contribution >= 4 is 38.2 Å². The lowest BCUT2D eigenvalue weighted by Crippen LogP contribution is -2.34. The monoisotopic (exact) mass is 533 g/mol. The highest BCUT2D eigenvalue weighted by molar-refractivity contribution is 7.89. The summed E-state index contributed by atoms with van der Waals surface area (Å²) >= 11 is 0.656. The molecule has 0 bridgehead atoms. The molecule has 0 atom stereocenters. The van der Waals surface area contributed by atoms with Gasteiger partial charge in [-0.05, 0) is 12.1 Å². The maximum absolute atomic E-state index is 13.2. The van der Waals surface area contributed by atoms with Gasteiger partial charge in [-0.1, -0.05) is 37.0 Å². The molecule has 1 aliphatic carbocycles. The molecule has 0 radical (unpaired) electrons. The molecule has 1 saturated carbocycles. The number of nitrogens with one attached hydrogen (secondary N) is 2. The van der Waals surface area contributed by atoms with Gasteiger partial charge in [-0.25, -0.2) is 23.8 Å². The van der Waals surface area contributed by atoms with E-state index < -0.39 is 27.1 Å². The molecule has 14 heteroatoms. The van der Waals surface area contributed by atoms with E-state index in [0.717, 1.165) is 0 Å². The van der Waals surface area contributed by atoms with Crippen LogP contribution >= 0.6 is 11.3 Å². The molecular weight excluding hydrogens is 512 g/mol. The number of amides is 1. The number of sulfonamides is 1. The summed E-state index contributed by atoms with van der Waals surface area (Å²) in [4.78, 5) is 15.0. The van der Waals surface area contributed by atoms with Gasteiger partial charge in [0.05, 0.1) is 35.4 Å². The maximum atomic E-state index is 13.2. The highest BCUT2D eigenvalue weighted by Crippen LogP contribution is 2.39. The minimum Gasteiger partial charge on any atom is -0.345 e. The van der Waals surface area contributed by atoms with E-state index in [9.17, 15) is 22.0 Å². The van der Waals surface area contributed by atoms with E-state index in [0.29, 0.717) is 40.6 Å². The average molecular weight is 534 g/mol. The van der Waals surface area contributed by atoms with E-state index in [1.54, 1.807) is 20.9 Å². The number of aryl methyl sites for hydroxylation is 1. The second kappa shape index (κ2) is 9.54. The summed E-state index contributed by atoms with van der Waals surface area (Å²) in [7, 11) is -2.52. The molecule has 36 heavy (non-hydrogen) atoms. The molecule has 2 aromatic heterocycles. The SMILES string of the molecule is [C-]#[N+]C1(NS(=O)(=O)c2cc(C#CCNC(=O)C(C)C)c3c(c2)c(-c2nnc(C(F)F)s2)nn3C)CC1. The topological polar surface area (TPSA) is 123 Å². The van der Waals surface area contributed by atoms with Gasteiger partial charge in [-0.2, -0.15) is 5.10 Å². The van der Waals surface area contributed by atoms with E-state index in [2.05, 4.69) is 42.0 Å². The van der Waals surface area contributed by atoms with Gasteiger partial charge >= 0.3 is 0 Å². The van der Waals surface area contributed by atoms with Crippen LogP contribution in [0.4, 0.5) is 8.78 Å². The summed E-state index contributed by atoms with van der Waals surface area (Å²) in [6.07, 6.45) is -2.00. The lowest BCUT2D eigenvalue weighted by atomic mass is 10.1. The Kier molecular flexibility index (Phi) is 6.79. The minimum atomic E-state index is -4.13. The second-order valence-electron chi connectivity index (χ2n) is 8.51. The summed E-state index contributed by atoms with van der Waals surface area (Å²) < 4.78 is 56.4. The molecule has 2 heterocycles. The van der Waals surface area contributed by atoms with Crippen molar-refractivity contribution in [1.29, 1.82) is 0 Å². The lowest BCUT2D eigenvalue weighted by Gasteiger charge is -2.09. The first-order valence-corrected chi connectivity index (χ1v) is 13.1. The number of carbonyl (C=O) groups is 1. The maximum Gasteiger partial charge on any atom is 0.299 e. The average Bonchev–Trinajstić information content (AvgIpc) is 3.25. The third-order valence-corrected chi connectivity index (χ3v) is 7.86. The molecule has 1 aromatic carbocycles. The lowest BCUT2D eigenvalue weighted by molar-refractivity contribution is -0.123. The van der Waals surface area contributed by atoms with Crippen LogP contribution in [0.15, 0.2) is 17.0 Å². The van der Waals surface area contributed by atoms with Gasteiger partial charge in [0.1, 0.15) is 5.69 Å². The van der Waals surface area contributed by atoms with E-state index >= 15 is 0 Å². The Morgan fingerprint density at radius 2 is 2.06 bits per heavy atom. The van der Waals surface area contributed by atoms with Crippen molar-refractivity contribution in [1.82, 2.24) is 30.0 Å². The fourth-order valence-corrected chi connectivity index (χ4v) is 5.47. The molecule has 1 fully saturated rings. The van der Waals surface area contributed by atoms with Crippen molar-refractivity contribution in [2.24, 2.45) is 13.0 Å². The van der Waals surface area contributed by atoms with Gasteiger partial charge in [0.2, 0.25) is 15.9 Å². The zero-order valence-corrected chi connectivity index (χ0v) is 21.1. The molecule has 0 aliphatic heterocycles. The molecule has 4 rings (SSSR count). The Balaban J connectivity index is 1.84. The van der Waals surface area contributed by atoms with Crippen LogP contribution in [0.5, 0.6) is 0 Å². The fraction of sp³-hybridized carbons (Fsp3) is 0.409. The molecule has 3 aromatic rings. The number of aromatic nitrogens is 4. The van der Waals surface area contributed by atoms with Crippen molar-refractivity contribution in [2.45, 2.75) is 43.7 Å². The molecule has 0 spiro atoms. The van der Waals surface area contributed by atoms with Crippen LogP contribution in [0.25, 0.3) is 26.4 Å². The molecule has 2 N–H and O–H groups in total. The van der Waals surface area contributed by atoms with Crippen molar-refractivity contribution in [2.75, 3.05) is 6.54 Å². The summed E-state index contributed by atoms with van der Waals surface area (Å²) in [6.45, 7) is 10.8. The first-order valence-electron chi connectivity index (χ1n) is 10.8. The van der Waals surface area contributed by atoms with Crippen LogP contribution in [-0.4, -0.2) is 46.5 Å². The first-order chi connectivity index (χ1) is 17.0. The van der Waals surface area contributed by atoms with Crippen LogP contribution in [-0.2, 0) is 21.9 Å². The van der Waals surface area contributed by atoms with Crippen molar-refractivity contribution in [3.8, 4) is 22.5 Å². The second-order valence-corrected chi connectivity index (χ2v) is 11.2. The van der Waals surface area contributed by atoms with Gasteiger partial charge in [0.25, 0.3) is 12.1 Å². The highest BCUT2D eigenvalue weighted by atomic mass is 32.2. The summed E-state index contributed by atoms with van der Waals surface area (Å²) in [5, 5.41) is 14.3. The number of hydrogen-bond acceptors (Lipinski definition) is 7. The molecule has 0 unspecified atom stereocenters. The van der Waals surface area contributed by atoms with Crippen LogP contribution < -0.4 is 10.0 Å². The first kappa shape index (κ1) is 25.6. The third-order valence-electron chi connectivity index (χ3n) is 5.41. The molecule has 10 nitrogen and oxygen atoms in total. The van der Waals surface area contributed by atoms with Crippen molar-refractivity contribution in [3.63, 3.8) is 0 Å². The zero-order chi connectivity index (χ0) is 26.3. The van der Waals surface area contributed by atoms with Crippen LogP contribution in [0.3, 0.4) is 0 Å². The Hall–Kier alpha value is -3.46. The van der Waals surface area contributed by atoms with Crippen molar-refractivity contribution in [3.05, 3.63) is 34.1 Å². The number of benzene rings is 1. The number of halogens is 2. The number of hydrogen-bond donors (Lipinski definition) is 2.